The fourth-order valence-corrected chi connectivity index (χ4v) is 3.97. The van der Waals surface area contributed by atoms with E-state index in [-0.39, 0.29) is 5.91 Å². The van der Waals surface area contributed by atoms with Gasteiger partial charge in [0.25, 0.3) is 5.91 Å². The zero-order chi connectivity index (χ0) is 22.5. The van der Waals surface area contributed by atoms with Crippen molar-refractivity contribution in [2.24, 2.45) is 0 Å². The number of piperazine rings is 1. The summed E-state index contributed by atoms with van der Waals surface area (Å²) in [5, 5.41) is 1.13. The zero-order valence-electron chi connectivity index (χ0n) is 17.8. The quantitative estimate of drug-likeness (QED) is 0.459. The number of hydrogen-bond acceptors (Lipinski definition) is 4. The van der Waals surface area contributed by atoms with E-state index in [4.69, 9.17) is 32.7 Å². The van der Waals surface area contributed by atoms with Crippen LogP contribution in [0.3, 0.4) is 0 Å². The monoisotopic (exact) mass is 470 g/mol. The van der Waals surface area contributed by atoms with Gasteiger partial charge < -0.3 is 14.4 Å². The maximum atomic E-state index is 12.9. The molecule has 0 radical (unpaired) electrons. The topological polar surface area (TPSA) is 42.0 Å². The van der Waals surface area contributed by atoms with E-state index in [0.29, 0.717) is 40.2 Å². The molecule has 0 aliphatic carbocycles. The van der Waals surface area contributed by atoms with E-state index < -0.39 is 0 Å². The Morgan fingerprint density at radius 2 is 1.56 bits per heavy atom. The highest BCUT2D eigenvalue weighted by Gasteiger charge is 2.22. The molecule has 1 saturated heterocycles. The van der Waals surface area contributed by atoms with E-state index >= 15 is 0 Å². The molecule has 3 aromatic carbocycles. The molecule has 0 N–H and O–H groups in total. The lowest BCUT2D eigenvalue weighted by Crippen LogP contribution is -2.48. The second-order valence-corrected chi connectivity index (χ2v) is 8.44. The second kappa shape index (κ2) is 10.3. The van der Waals surface area contributed by atoms with Crippen molar-refractivity contribution in [3.8, 4) is 17.2 Å². The summed E-state index contributed by atoms with van der Waals surface area (Å²) in [6.07, 6.45) is 0. The van der Waals surface area contributed by atoms with E-state index in [1.165, 1.54) is 0 Å². The van der Waals surface area contributed by atoms with Crippen LogP contribution in [0.1, 0.15) is 15.9 Å². The van der Waals surface area contributed by atoms with Gasteiger partial charge in [0.05, 0.1) is 17.2 Å². The molecule has 1 amide bonds. The fourth-order valence-electron chi connectivity index (χ4n) is 3.65. The van der Waals surface area contributed by atoms with Crippen LogP contribution in [0.5, 0.6) is 17.2 Å². The SMILES string of the molecule is COc1cccc(Oc2ccc(C(=O)N3CCN(Cc4ccc(Cl)c(Cl)c4)CC3)cc2)c1. The third-order valence-corrected chi connectivity index (χ3v) is 6.17. The van der Waals surface area contributed by atoms with Crippen LogP contribution in [-0.4, -0.2) is 49.0 Å². The third kappa shape index (κ3) is 5.54. The van der Waals surface area contributed by atoms with Crippen LogP contribution >= 0.6 is 23.2 Å². The van der Waals surface area contributed by atoms with E-state index in [0.717, 1.165) is 30.9 Å². The molecule has 0 saturated carbocycles. The Hall–Kier alpha value is -2.73. The summed E-state index contributed by atoms with van der Waals surface area (Å²) >= 11 is 12.1. The molecule has 5 nitrogen and oxygen atoms in total. The lowest BCUT2D eigenvalue weighted by Gasteiger charge is -2.34. The van der Waals surface area contributed by atoms with Crippen molar-refractivity contribution in [3.05, 3.63) is 87.9 Å². The third-order valence-electron chi connectivity index (χ3n) is 5.43. The van der Waals surface area contributed by atoms with Crippen LogP contribution in [0.4, 0.5) is 0 Å². The Labute approximate surface area is 198 Å². The van der Waals surface area contributed by atoms with Gasteiger partial charge in [-0.25, -0.2) is 0 Å². The average molecular weight is 471 g/mol. The number of carbonyl (C=O) groups is 1. The summed E-state index contributed by atoms with van der Waals surface area (Å²) in [5.74, 6) is 2.11. The van der Waals surface area contributed by atoms with Gasteiger partial charge in [-0.15, -0.1) is 0 Å². The minimum Gasteiger partial charge on any atom is -0.497 e. The molecule has 3 aromatic rings. The minimum absolute atomic E-state index is 0.0344. The van der Waals surface area contributed by atoms with Gasteiger partial charge in [0.1, 0.15) is 17.2 Å². The number of methoxy groups -OCH3 is 1. The fraction of sp³-hybridized carbons (Fsp3) is 0.240. The van der Waals surface area contributed by atoms with Gasteiger partial charge in [-0.05, 0) is 54.1 Å². The summed E-state index contributed by atoms with van der Waals surface area (Å²) < 4.78 is 11.1. The van der Waals surface area contributed by atoms with Gasteiger partial charge >= 0.3 is 0 Å². The first-order valence-corrected chi connectivity index (χ1v) is 11.1. The van der Waals surface area contributed by atoms with Crippen molar-refractivity contribution in [2.75, 3.05) is 33.3 Å². The van der Waals surface area contributed by atoms with Crippen molar-refractivity contribution in [2.45, 2.75) is 6.54 Å². The van der Waals surface area contributed by atoms with E-state index in [9.17, 15) is 4.79 Å². The van der Waals surface area contributed by atoms with Gasteiger partial charge in [0, 0.05) is 44.4 Å². The predicted molar refractivity (Wildman–Crippen MR) is 127 cm³/mol. The normalized spacial score (nSPS) is 14.3. The largest absolute Gasteiger partial charge is 0.497 e. The number of hydrogen-bond donors (Lipinski definition) is 0. The number of ether oxygens (including phenoxy) is 2. The number of halogens is 2. The van der Waals surface area contributed by atoms with Crippen LogP contribution in [-0.2, 0) is 6.54 Å². The molecule has 1 heterocycles. The first kappa shape index (κ1) is 22.5. The molecular formula is C25H24Cl2N2O3. The van der Waals surface area contributed by atoms with Crippen LogP contribution in [0.25, 0.3) is 0 Å². The molecule has 0 spiro atoms. The number of benzene rings is 3. The average Bonchev–Trinajstić information content (AvgIpc) is 2.82. The highest BCUT2D eigenvalue weighted by molar-refractivity contribution is 6.42. The zero-order valence-corrected chi connectivity index (χ0v) is 19.3. The minimum atomic E-state index is 0.0344. The maximum Gasteiger partial charge on any atom is 0.253 e. The van der Waals surface area contributed by atoms with E-state index in [2.05, 4.69) is 4.90 Å². The van der Waals surface area contributed by atoms with Crippen molar-refractivity contribution in [1.29, 1.82) is 0 Å². The lowest BCUT2D eigenvalue weighted by molar-refractivity contribution is 0.0628. The molecule has 1 fully saturated rings. The van der Waals surface area contributed by atoms with Crippen molar-refractivity contribution in [3.63, 3.8) is 0 Å². The Morgan fingerprint density at radius 3 is 2.25 bits per heavy atom. The highest BCUT2D eigenvalue weighted by atomic mass is 35.5. The first-order chi connectivity index (χ1) is 15.5. The number of amides is 1. The van der Waals surface area contributed by atoms with Crippen LogP contribution in [0.15, 0.2) is 66.7 Å². The van der Waals surface area contributed by atoms with Gasteiger partial charge in [0.15, 0.2) is 0 Å². The molecule has 1 aliphatic rings. The number of rotatable bonds is 6. The van der Waals surface area contributed by atoms with Crippen molar-refractivity contribution in [1.82, 2.24) is 9.80 Å². The van der Waals surface area contributed by atoms with Gasteiger partial charge in [0.2, 0.25) is 0 Å². The van der Waals surface area contributed by atoms with E-state index in [1.54, 1.807) is 19.2 Å². The first-order valence-electron chi connectivity index (χ1n) is 10.4. The summed E-state index contributed by atoms with van der Waals surface area (Å²) in [6, 6.07) is 20.3. The Morgan fingerprint density at radius 1 is 0.844 bits per heavy atom. The van der Waals surface area contributed by atoms with Crippen molar-refractivity contribution >= 4 is 29.1 Å². The smallest absolute Gasteiger partial charge is 0.253 e. The molecule has 0 bridgehead atoms. The van der Waals surface area contributed by atoms with Crippen LogP contribution in [0.2, 0.25) is 10.0 Å². The Balaban J connectivity index is 1.31. The highest BCUT2D eigenvalue weighted by Crippen LogP contribution is 2.26. The van der Waals surface area contributed by atoms with Crippen LogP contribution < -0.4 is 9.47 Å². The summed E-state index contributed by atoms with van der Waals surface area (Å²) in [5.41, 5.74) is 1.77. The Kier molecular flexibility index (Phi) is 7.20. The van der Waals surface area contributed by atoms with Gasteiger partial charge in [-0.3, -0.25) is 9.69 Å². The summed E-state index contributed by atoms with van der Waals surface area (Å²) in [7, 11) is 1.62. The molecular weight excluding hydrogens is 447 g/mol. The lowest BCUT2D eigenvalue weighted by atomic mass is 10.1. The summed E-state index contributed by atoms with van der Waals surface area (Å²) in [4.78, 5) is 17.1. The number of nitrogens with zero attached hydrogens (tertiary/aromatic N) is 2. The van der Waals surface area contributed by atoms with Gasteiger partial charge in [-0.1, -0.05) is 35.3 Å². The molecule has 4 rings (SSSR count). The Bertz CT molecular complexity index is 1080. The number of carbonyl (C=O) groups excluding carboxylic acids is 1. The van der Waals surface area contributed by atoms with Gasteiger partial charge in [-0.2, -0.15) is 0 Å². The standard InChI is InChI=1S/C25H24Cl2N2O3/c1-31-21-3-2-4-22(16-21)32-20-8-6-19(7-9-20)25(30)29-13-11-28(12-14-29)17-18-5-10-23(26)24(27)15-18/h2-10,15-16H,11-14,17H2,1H3. The molecule has 0 aromatic heterocycles. The maximum absolute atomic E-state index is 12.9. The predicted octanol–water partition coefficient (Wildman–Crippen LogP) is 5.75. The molecule has 1 aliphatic heterocycles. The molecule has 166 valence electrons. The summed E-state index contributed by atoms with van der Waals surface area (Å²) in [6.45, 7) is 3.77. The van der Waals surface area contributed by atoms with Crippen molar-refractivity contribution < 1.29 is 14.3 Å². The van der Waals surface area contributed by atoms with E-state index in [1.807, 2.05) is 59.5 Å². The van der Waals surface area contributed by atoms with Crippen LogP contribution in [0, 0.1) is 0 Å². The molecule has 0 atom stereocenters. The molecule has 0 unspecified atom stereocenters. The molecule has 32 heavy (non-hydrogen) atoms. The molecule has 7 heteroatoms. The second-order valence-electron chi connectivity index (χ2n) is 7.62.